The van der Waals surface area contributed by atoms with Crippen molar-refractivity contribution in [1.29, 1.82) is 0 Å². The summed E-state index contributed by atoms with van der Waals surface area (Å²) in [6.45, 7) is 0. The molecule has 5 nitrogen and oxygen atoms in total. The number of benzene rings is 5. The van der Waals surface area contributed by atoms with Crippen molar-refractivity contribution in [3.05, 3.63) is 131 Å². The van der Waals surface area contributed by atoms with Crippen LogP contribution in [0.15, 0.2) is 115 Å². The molecule has 0 aromatic heterocycles. The normalized spacial score (nSPS) is 14.6. The van der Waals surface area contributed by atoms with Crippen LogP contribution in [-0.4, -0.2) is 10.0 Å². The van der Waals surface area contributed by atoms with Gasteiger partial charge in [0.05, 0.1) is 24.3 Å². The maximum atomic E-state index is 16.4. The maximum absolute atomic E-state index is 16.4. The van der Waals surface area contributed by atoms with Crippen LogP contribution in [0.5, 0.6) is 5.75 Å². The van der Waals surface area contributed by atoms with Crippen molar-refractivity contribution in [2.24, 2.45) is 0 Å². The van der Waals surface area contributed by atoms with Crippen LogP contribution in [0.3, 0.4) is 0 Å². The Kier molecular flexibility index (Phi) is 3.73. The number of phenols is 1. The van der Waals surface area contributed by atoms with E-state index in [-0.39, 0.29) is 33.7 Å². The summed E-state index contributed by atoms with van der Waals surface area (Å²) in [5.41, 5.74) is -3.38. The van der Waals surface area contributed by atoms with Crippen LogP contribution >= 0.6 is 0 Å². The second-order valence-corrected chi connectivity index (χ2v) is 7.45. The summed E-state index contributed by atoms with van der Waals surface area (Å²) < 4.78 is 99.3. The molecule has 5 aromatic rings. The minimum Gasteiger partial charge on any atom is -0.507 e. The quantitative estimate of drug-likeness (QED) is 0.187. The molecule has 0 radical (unpaired) electrons. The number of rotatable bonds is 6. The van der Waals surface area contributed by atoms with Gasteiger partial charge in [-0.15, -0.1) is 0 Å². The van der Waals surface area contributed by atoms with E-state index in [1.807, 2.05) is 0 Å². The molecule has 0 fully saturated rings. The van der Waals surface area contributed by atoms with Crippen molar-refractivity contribution in [3.8, 4) is 39.1 Å². The van der Waals surface area contributed by atoms with Crippen molar-refractivity contribution in [2.45, 2.75) is 0 Å². The third kappa shape index (κ3) is 4.28. The predicted molar refractivity (Wildman–Crippen MR) is 141 cm³/mol. The molecule has 0 spiro atoms. The molecular weight excluding hydrogens is 455 g/mol. The van der Waals surface area contributed by atoms with Crippen LogP contribution in [0.4, 0.5) is 21.5 Å². The first kappa shape index (κ1) is 13.8. The van der Waals surface area contributed by atoms with Gasteiger partial charge >= 0.3 is 0 Å². The number of nitrogens with zero attached hydrogens (tertiary/aromatic N) is 1. The lowest BCUT2D eigenvalue weighted by Gasteiger charge is -2.19. The summed E-state index contributed by atoms with van der Waals surface area (Å²) in [6, 6.07) is 4.66. The Morgan fingerprint density at radius 1 is 0.722 bits per heavy atom. The summed E-state index contributed by atoms with van der Waals surface area (Å²) in [4.78, 5) is 11.3. The lowest BCUT2D eigenvalue weighted by Crippen LogP contribution is -2.04. The van der Waals surface area contributed by atoms with Gasteiger partial charge in [-0.2, -0.15) is 0 Å². The Morgan fingerprint density at radius 3 is 1.83 bits per heavy atom. The van der Waals surface area contributed by atoms with E-state index in [0.717, 1.165) is 12.1 Å². The molecule has 0 aliphatic heterocycles. The summed E-state index contributed by atoms with van der Waals surface area (Å²) in [5, 5.41) is 25.2. The Balaban J connectivity index is 1.93. The molecule has 0 atom stereocenters. The number of hydrogen-bond donors (Lipinski definition) is 2. The van der Waals surface area contributed by atoms with E-state index in [4.69, 9.17) is 13.7 Å². The van der Waals surface area contributed by atoms with Crippen molar-refractivity contribution in [3.63, 3.8) is 0 Å². The number of anilines is 2. The number of aromatic hydroxyl groups is 1. The van der Waals surface area contributed by atoms with Crippen molar-refractivity contribution < 1.29 is 28.1 Å². The molecule has 36 heavy (non-hydrogen) atoms. The lowest BCUT2D eigenvalue weighted by molar-refractivity contribution is -0.384. The topological polar surface area (TPSA) is 75.4 Å². The number of phenolic OH excluding ortho intramolecular Hbond substituents is 1. The zero-order valence-corrected chi connectivity index (χ0v) is 18.3. The first-order valence-electron chi connectivity index (χ1n) is 15.5. The van der Waals surface area contributed by atoms with Gasteiger partial charge in [-0.1, -0.05) is 96.8 Å². The molecule has 176 valence electrons. The number of nitrogens with one attached hydrogen (secondary N) is 1. The Bertz CT molecular complexity index is 1960. The first-order valence-corrected chi connectivity index (χ1v) is 10.5. The van der Waals surface area contributed by atoms with Gasteiger partial charge in [0.25, 0.3) is 5.69 Å². The molecular formula is C30H21FN2O3. The van der Waals surface area contributed by atoms with Gasteiger partial charge in [-0.05, 0) is 23.3 Å². The van der Waals surface area contributed by atoms with Crippen LogP contribution in [0.25, 0.3) is 33.4 Å². The molecule has 0 heterocycles. The number of hydrogen-bond acceptors (Lipinski definition) is 4. The van der Waals surface area contributed by atoms with Crippen LogP contribution in [0, 0.1) is 15.9 Å². The van der Waals surface area contributed by atoms with E-state index in [9.17, 15) is 15.2 Å². The van der Waals surface area contributed by atoms with Gasteiger partial charge in [-0.25, -0.2) is 4.39 Å². The Morgan fingerprint density at radius 2 is 1.28 bits per heavy atom. The molecule has 6 heteroatoms. The fraction of sp³-hybridized carbons (Fsp3) is 0. The van der Waals surface area contributed by atoms with Crippen LogP contribution in [-0.2, 0) is 0 Å². The largest absolute Gasteiger partial charge is 0.507 e. The average molecular weight is 487 g/mol. The highest BCUT2D eigenvalue weighted by Gasteiger charge is 2.25. The third-order valence-electron chi connectivity index (χ3n) is 5.36. The second kappa shape index (κ2) is 9.72. The van der Waals surface area contributed by atoms with E-state index in [0.29, 0.717) is 0 Å². The summed E-state index contributed by atoms with van der Waals surface area (Å²) in [7, 11) is 0. The number of nitro benzene ring substituents is 1. The SMILES string of the molecule is [2H]c1c([2H])c([2H])c(-c2cccc(-c3c([2H])c([2H])c([2H])c([2H])c3[2H])c2Nc2c([N+](=O)[O-])ccc(-c3ccccc3O)c2F)c([2H])c1[2H]. The van der Waals surface area contributed by atoms with Gasteiger partial charge in [-0.3, -0.25) is 10.1 Å². The summed E-state index contributed by atoms with van der Waals surface area (Å²) in [5.74, 6) is -1.54. The van der Waals surface area contributed by atoms with Crippen molar-refractivity contribution >= 4 is 17.1 Å². The van der Waals surface area contributed by atoms with E-state index in [1.165, 1.54) is 42.5 Å². The number of nitro groups is 1. The van der Waals surface area contributed by atoms with E-state index >= 15 is 4.39 Å². The fourth-order valence-electron chi connectivity index (χ4n) is 3.74. The summed E-state index contributed by atoms with van der Waals surface area (Å²) in [6.07, 6.45) is 0. The highest BCUT2D eigenvalue weighted by atomic mass is 19.1. The van der Waals surface area contributed by atoms with E-state index in [1.54, 1.807) is 0 Å². The standard InChI is InChI=1S/C30H21FN2O3/c31-28-25(24-14-7-8-17-27(24)34)18-19-26(33(35)36)30(28)32-29-22(20-10-3-1-4-11-20)15-9-16-23(29)21-12-5-2-6-13-21/h1-19,32,34H/i1D,2D,3D,4D,5D,6D,10D,11D,12D,13D. The maximum Gasteiger partial charge on any atom is 0.295 e. The monoisotopic (exact) mass is 486 g/mol. The zero-order valence-electron chi connectivity index (χ0n) is 28.3. The van der Waals surface area contributed by atoms with Crippen LogP contribution < -0.4 is 5.32 Å². The minimum absolute atomic E-state index is 0.0114. The minimum atomic E-state index is -1.21. The first-order chi connectivity index (χ1) is 21.7. The molecule has 0 unspecified atom stereocenters. The van der Waals surface area contributed by atoms with E-state index < -0.39 is 93.7 Å². The van der Waals surface area contributed by atoms with Gasteiger partial charge in [0.2, 0.25) is 0 Å². The predicted octanol–water partition coefficient (Wildman–Crippen LogP) is 8.18. The third-order valence-corrected chi connectivity index (χ3v) is 5.36. The highest BCUT2D eigenvalue weighted by molar-refractivity contribution is 5.94. The van der Waals surface area contributed by atoms with Crippen LogP contribution in [0.2, 0.25) is 0 Å². The number of para-hydroxylation sites is 2. The van der Waals surface area contributed by atoms with Gasteiger partial charge in [0.15, 0.2) is 11.5 Å². The van der Waals surface area contributed by atoms with Crippen molar-refractivity contribution in [2.75, 3.05) is 5.32 Å². The molecule has 0 aliphatic carbocycles. The zero-order chi connectivity index (χ0) is 33.8. The number of halogens is 1. The smallest absolute Gasteiger partial charge is 0.295 e. The summed E-state index contributed by atoms with van der Waals surface area (Å²) >= 11 is 0. The second-order valence-electron chi connectivity index (χ2n) is 7.45. The molecule has 5 aromatic carbocycles. The van der Waals surface area contributed by atoms with Crippen molar-refractivity contribution in [1.82, 2.24) is 0 Å². The molecule has 2 N–H and O–H groups in total. The molecule has 5 rings (SSSR count). The average Bonchev–Trinajstić information content (AvgIpc) is 3.03. The van der Waals surface area contributed by atoms with Gasteiger partial charge in [0.1, 0.15) is 5.75 Å². The molecule has 0 amide bonds. The van der Waals surface area contributed by atoms with Gasteiger partial charge in [0, 0.05) is 28.3 Å². The van der Waals surface area contributed by atoms with Gasteiger partial charge < -0.3 is 10.4 Å². The molecule has 0 saturated carbocycles. The van der Waals surface area contributed by atoms with E-state index in [2.05, 4.69) is 5.32 Å². The molecule has 0 bridgehead atoms. The highest BCUT2D eigenvalue weighted by Crippen LogP contribution is 2.43. The Hall–Kier alpha value is -4.97. The Labute approximate surface area is 221 Å². The van der Waals surface area contributed by atoms with Crippen LogP contribution in [0.1, 0.15) is 13.7 Å². The molecule has 0 aliphatic rings. The molecule has 0 saturated heterocycles. The fourth-order valence-corrected chi connectivity index (χ4v) is 3.74. The lowest BCUT2D eigenvalue weighted by atomic mass is 9.95.